The van der Waals surface area contributed by atoms with Crippen LogP contribution in [0.25, 0.3) is 0 Å². The van der Waals surface area contributed by atoms with Gasteiger partial charge in [-0.15, -0.1) is 23.2 Å². The van der Waals surface area contributed by atoms with Crippen molar-refractivity contribution >= 4 is 40.6 Å². The first-order valence-corrected chi connectivity index (χ1v) is 6.87. The molecule has 1 aromatic rings. The number of benzene rings is 1. The number of alkyl halides is 2. The van der Waals surface area contributed by atoms with Gasteiger partial charge in [-0.2, -0.15) is 0 Å². The highest BCUT2D eigenvalue weighted by atomic mass is 35.5. The van der Waals surface area contributed by atoms with Gasteiger partial charge in [0.1, 0.15) is 0 Å². The van der Waals surface area contributed by atoms with Crippen LogP contribution in [0.15, 0.2) is 24.3 Å². The van der Waals surface area contributed by atoms with Crippen LogP contribution in [-0.4, -0.2) is 41.7 Å². The lowest BCUT2D eigenvalue weighted by atomic mass is 10.1. The summed E-state index contributed by atoms with van der Waals surface area (Å²) in [6, 6.07) is 7.16. The third-order valence-corrected chi connectivity index (χ3v) is 2.95. The molecule has 0 atom stereocenters. The average molecular weight is 304 g/mol. The van der Waals surface area contributed by atoms with Crippen LogP contribution in [-0.2, 0) is 16.0 Å². The number of Topliss-reactive ketones (excluding diaryl/α,β-unsaturated/α-hetero) is 1. The number of hydrogen-bond acceptors (Lipinski definition) is 3. The van der Waals surface area contributed by atoms with Gasteiger partial charge in [-0.3, -0.25) is 4.79 Å². The van der Waals surface area contributed by atoms with E-state index in [1.165, 1.54) is 0 Å². The van der Waals surface area contributed by atoms with Crippen LogP contribution in [0.1, 0.15) is 5.56 Å². The SMILES string of the molecule is O=C(O)C(=O)Cc1ccc(N(CCCl)CCCl)cc1. The van der Waals surface area contributed by atoms with E-state index in [4.69, 9.17) is 28.3 Å². The Bertz CT molecular complexity index is 428. The molecule has 0 unspecified atom stereocenters. The summed E-state index contributed by atoms with van der Waals surface area (Å²) in [4.78, 5) is 23.6. The molecule has 104 valence electrons. The number of aliphatic carboxylic acids is 1. The van der Waals surface area contributed by atoms with Gasteiger partial charge >= 0.3 is 5.97 Å². The number of nitrogens with zero attached hydrogens (tertiary/aromatic N) is 1. The Morgan fingerprint density at radius 1 is 1.05 bits per heavy atom. The van der Waals surface area contributed by atoms with Crippen molar-refractivity contribution in [2.45, 2.75) is 6.42 Å². The number of halogens is 2. The molecule has 1 rings (SSSR count). The van der Waals surface area contributed by atoms with E-state index in [1.807, 2.05) is 17.0 Å². The lowest BCUT2D eigenvalue weighted by Crippen LogP contribution is -2.27. The van der Waals surface area contributed by atoms with E-state index in [-0.39, 0.29) is 6.42 Å². The zero-order valence-electron chi connectivity index (χ0n) is 10.3. The highest BCUT2D eigenvalue weighted by Gasteiger charge is 2.12. The second-order valence-electron chi connectivity index (χ2n) is 3.94. The third-order valence-electron chi connectivity index (χ3n) is 2.61. The molecule has 4 nitrogen and oxygen atoms in total. The van der Waals surface area contributed by atoms with Crippen molar-refractivity contribution in [2.24, 2.45) is 0 Å². The smallest absolute Gasteiger partial charge is 0.372 e. The number of carbonyl (C=O) groups is 2. The summed E-state index contributed by atoms with van der Waals surface area (Å²) in [5.41, 5.74) is 1.63. The first kappa shape index (κ1) is 15.8. The van der Waals surface area contributed by atoms with Gasteiger partial charge in [-0.05, 0) is 17.7 Å². The maximum atomic E-state index is 11.1. The lowest BCUT2D eigenvalue weighted by Gasteiger charge is -2.22. The number of carbonyl (C=O) groups excluding carboxylic acids is 1. The molecule has 0 amide bonds. The maximum absolute atomic E-state index is 11.1. The van der Waals surface area contributed by atoms with E-state index in [9.17, 15) is 9.59 Å². The monoisotopic (exact) mass is 303 g/mol. The summed E-state index contributed by atoms with van der Waals surface area (Å²) in [6.07, 6.45) is -0.0966. The molecule has 0 bridgehead atoms. The van der Waals surface area contributed by atoms with Gasteiger partial charge in [-0.25, -0.2) is 4.79 Å². The fraction of sp³-hybridized carbons (Fsp3) is 0.385. The van der Waals surface area contributed by atoms with Gasteiger partial charge in [0.15, 0.2) is 0 Å². The second-order valence-corrected chi connectivity index (χ2v) is 4.69. The fourth-order valence-corrected chi connectivity index (χ4v) is 2.07. The molecule has 1 N–H and O–H groups in total. The zero-order valence-corrected chi connectivity index (χ0v) is 11.8. The lowest BCUT2D eigenvalue weighted by molar-refractivity contribution is -0.148. The highest BCUT2D eigenvalue weighted by molar-refractivity contribution is 6.33. The summed E-state index contributed by atoms with van der Waals surface area (Å²) in [5.74, 6) is -1.23. The van der Waals surface area contributed by atoms with E-state index < -0.39 is 11.8 Å². The second kappa shape index (κ2) is 8.02. The molecular weight excluding hydrogens is 289 g/mol. The van der Waals surface area contributed by atoms with Crippen LogP contribution < -0.4 is 4.90 Å². The Morgan fingerprint density at radius 2 is 1.58 bits per heavy atom. The minimum atomic E-state index is -1.41. The van der Waals surface area contributed by atoms with E-state index in [0.29, 0.717) is 30.4 Å². The predicted molar refractivity (Wildman–Crippen MR) is 76.4 cm³/mol. The van der Waals surface area contributed by atoms with E-state index in [0.717, 1.165) is 5.69 Å². The number of rotatable bonds is 8. The predicted octanol–water partition coefficient (Wildman–Crippen LogP) is 2.17. The summed E-state index contributed by atoms with van der Waals surface area (Å²) >= 11 is 11.4. The van der Waals surface area contributed by atoms with Crippen molar-refractivity contribution in [1.82, 2.24) is 0 Å². The summed E-state index contributed by atoms with van der Waals surface area (Å²) in [6.45, 7) is 1.36. The molecule has 0 aliphatic heterocycles. The molecule has 0 radical (unpaired) electrons. The third kappa shape index (κ3) is 5.09. The summed E-state index contributed by atoms with van der Waals surface area (Å²) < 4.78 is 0. The fourth-order valence-electron chi connectivity index (χ4n) is 1.66. The molecule has 0 spiro atoms. The molecule has 0 saturated carbocycles. The normalized spacial score (nSPS) is 10.2. The minimum absolute atomic E-state index is 0.0966. The maximum Gasteiger partial charge on any atom is 0.372 e. The number of hydrogen-bond donors (Lipinski definition) is 1. The molecule has 6 heteroatoms. The van der Waals surface area contributed by atoms with Gasteiger partial charge in [0.2, 0.25) is 5.78 Å². The van der Waals surface area contributed by atoms with Gasteiger partial charge in [0.25, 0.3) is 0 Å². The van der Waals surface area contributed by atoms with Crippen LogP contribution in [0.3, 0.4) is 0 Å². The molecule has 1 aromatic carbocycles. The molecule has 0 aliphatic rings. The number of carboxylic acid groups (broad SMARTS) is 1. The van der Waals surface area contributed by atoms with Crippen LogP contribution in [0, 0.1) is 0 Å². The Morgan fingerprint density at radius 3 is 2.00 bits per heavy atom. The number of ketones is 1. The van der Waals surface area contributed by atoms with Crippen LogP contribution in [0.2, 0.25) is 0 Å². The average Bonchev–Trinajstić information content (AvgIpc) is 2.39. The van der Waals surface area contributed by atoms with Crippen LogP contribution >= 0.6 is 23.2 Å². The van der Waals surface area contributed by atoms with E-state index in [1.54, 1.807) is 12.1 Å². The van der Waals surface area contributed by atoms with Crippen molar-refractivity contribution in [2.75, 3.05) is 29.7 Å². The van der Waals surface area contributed by atoms with Gasteiger partial charge in [0.05, 0.1) is 0 Å². The van der Waals surface area contributed by atoms with Crippen molar-refractivity contribution in [3.63, 3.8) is 0 Å². The largest absolute Gasteiger partial charge is 0.475 e. The standard InChI is InChI=1S/C13H15Cl2NO3/c14-5-7-16(8-6-15)11-3-1-10(2-4-11)9-12(17)13(18)19/h1-4H,5-9H2,(H,18,19). The molecule has 19 heavy (non-hydrogen) atoms. The summed E-state index contributed by atoms with van der Waals surface area (Å²) in [7, 11) is 0. The Kier molecular flexibility index (Phi) is 6.67. The quantitative estimate of drug-likeness (QED) is 0.591. The molecule has 0 saturated heterocycles. The molecule has 0 fully saturated rings. The van der Waals surface area contributed by atoms with Crippen LogP contribution in [0.5, 0.6) is 0 Å². The van der Waals surface area contributed by atoms with Crippen molar-refractivity contribution in [3.05, 3.63) is 29.8 Å². The van der Waals surface area contributed by atoms with E-state index >= 15 is 0 Å². The number of anilines is 1. The van der Waals surface area contributed by atoms with Gasteiger partial charge in [-0.1, -0.05) is 12.1 Å². The molecule has 0 heterocycles. The Labute approximate surface area is 121 Å². The minimum Gasteiger partial charge on any atom is -0.475 e. The zero-order chi connectivity index (χ0) is 14.3. The topological polar surface area (TPSA) is 57.6 Å². The van der Waals surface area contributed by atoms with Crippen molar-refractivity contribution < 1.29 is 14.7 Å². The number of carboxylic acids is 1. The van der Waals surface area contributed by atoms with Crippen molar-refractivity contribution in [1.29, 1.82) is 0 Å². The van der Waals surface area contributed by atoms with Gasteiger partial charge < -0.3 is 10.0 Å². The Balaban J connectivity index is 2.73. The summed E-state index contributed by atoms with van der Waals surface area (Å²) in [5, 5.41) is 8.54. The highest BCUT2D eigenvalue weighted by Crippen LogP contribution is 2.16. The first-order valence-electron chi connectivity index (χ1n) is 5.80. The van der Waals surface area contributed by atoms with Crippen LogP contribution in [0.4, 0.5) is 5.69 Å². The molecule has 0 aliphatic carbocycles. The van der Waals surface area contributed by atoms with Gasteiger partial charge in [0, 0.05) is 37.0 Å². The Hall–Kier alpha value is -1.26. The van der Waals surface area contributed by atoms with Crippen molar-refractivity contribution in [3.8, 4) is 0 Å². The molecular formula is C13H15Cl2NO3. The first-order chi connectivity index (χ1) is 9.08. The molecule has 0 aromatic heterocycles. The van der Waals surface area contributed by atoms with E-state index in [2.05, 4.69) is 0 Å².